The molecule has 1 aliphatic heterocycles. The Labute approximate surface area is 85.4 Å². The fraction of sp³-hybridized carbons (Fsp3) is 0.900. The van der Waals surface area contributed by atoms with Crippen LogP contribution in [0, 0.1) is 0 Å². The molecule has 4 nitrogen and oxygen atoms in total. The summed E-state index contributed by atoms with van der Waals surface area (Å²) in [5.74, 6) is 0.0641. The summed E-state index contributed by atoms with van der Waals surface area (Å²) in [6, 6.07) is -0.342. The third-order valence-electron chi connectivity index (χ3n) is 2.78. The molecule has 2 N–H and O–H groups in total. The second-order valence-electron chi connectivity index (χ2n) is 3.80. The number of carbonyl (C=O) groups excluding carboxylic acids is 1. The van der Waals surface area contributed by atoms with Crippen molar-refractivity contribution in [1.82, 2.24) is 4.90 Å². The van der Waals surface area contributed by atoms with Crippen molar-refractivity contribution >= 4 is 5.91 Å². The first kappa shape index (κ1) is 11.5. The van der Waals surface area contributed by atoms with Gasteiger partial charge in [0, 0.05) is 20.2 Å². The lowest BCUT2D eigenvalue weighted by Crippen LogP contribution is -2.49. The second kappa shape index (κ2) is 5.32. The Morgan fingerprint density at radius 1 is 1.71 bits per heavy atom. The Morgan fingerprint density at radius 3 is 3.00 bits per heavy atom. The van der Waals surface area contributed by atoms with Crippen molar-refractivity contribution in [3.8, 4) is 0 Å². The molecule has 0 aromatic heterocycles. The maximum absolute atomic E-state index is 11.7. The van der Waals surface area contributed by atoms with Crippen LogP contribution in [0.25, 0.3) is 0 Å². The first-order valence-electron chi connectivity index (χ1n) is 5.26. The van der Waals surface area contributed by atoms with Gasteiger partial charge in [-0.15, -0.1) is 0 Å². The van der Waals surface area contributed by atoms with Crippen LogP contribution in [-0.4, -0.2) is 43.2 Å². The van der Waals surface area contributed by atoms with Crippen molar-refractivity contribution in [2.75, 3.05) is 20.2 Å². The summed E-state index contributed by atoms with van der Waals surface area (Å²) in [6.45, 7) is 3.45. The first-order chi connectivity index (χ1) is 6.69. The summed E-state index contributed by atoms with van der Waals surface area (Å²) in [5.41, 5.74) is 5.70. The van der Waals surface area contributed by atoms with Gasteiger partial charge in [-0.1, -0.05) is 6.92 Å². The van der Waals surface area contributed by atoms with Gasteiger partial charge in [0.05, 0.1) is 12.1 Å². The molecule has 0 aliphatic carbocycles. The lowest BCUT2D eigenvalue weighted by atomic mass is 10.1. The van der Waals surface area contributed by atoms with Gasteiger partial charge in [-0.25, -0.2) is 0 Å². The number of nitrogens with zero attached hydrogens (tertiary/aromatic N) is 1. The Kier molecular flexibility index (Phi) is 4.35. The maximum atomic E-state index is 11.7. The largest absolute Gasteiger partial charge is 0.380 e. The lowest BCUT2D eigenvalue weighted by molar-refractivity contribution is -0.136. The predicted octanol–water partition coefficient (Wildman–Crippen LogP) is 0.361. The maximum Gasteiger partial charge on any atom is 0.239 e. The molecule has 4 heteroatoms. The van der Waals surface area contributed by atoms with E-state index in [1.807, 2.05) is 11.8 Å². The number of hydrogen-bond acceptors (Lipinski definition) is 3. The fourth-order valence-corrected chi connectivity index (χ4v) is 1.74. The monoisotopic (exact) mass is 200 g/mol. The zero-order chi connectivity index (χ0) is 10.6. The molecule has 1 fully saturated rings. The molecule has 0 spiro atoms. The van der Waals surface area contributed by atoms with Crippen LogP contribution < -0.4 is 5.73 Å². The molecule has 0 aromatic rings. The molecule has 1 aliphatic rings. The van der Waals surface area contributed by atoms with Crippen molar-refractivity contribution < 1.29 is 9.53 Å². The standard InChI is InChI=1S/C10H20N2O2/c1-3-9(11)10(13)12-6-4-5-8(7-12)14-2/h8-9H,3-7,11H2,1-2H3. The zero-order valence-corrected chi connectivity index (χ0v) is 9.03. The zero-order valence-electron chi connectivity index (χ0n) is 9.03. The van der Waals surface area contributed by atoms with Crippen LogP contribution in [0.3, 0.4) is 0 Å². The van der Waals surface area contributed by atoms with Crippen molar-refractivity contribution in [2.24, 2.45) is 5.73 Å². The van der Waals surface area contributed by atoms with E-state index in [9.17, 15) is 4.79 Å². The summed E-state index contributed by atoms with van der Waals surface area (Å²) in [7, 11) is 1.69. The van der Waals surface area contributed by atoms with Gasteiger partial charge in [0.2, 0.25) is 5.91 Å². The van der Waals surface area contributed by atoms with E-state index in [1.165, 1.54) is 0 Å². The lowest BCUT2D eigenvalue weighted by Gasteiger charge is -2.33. The number of carbonyl (C=O) groups is 1. The molecule has 0 aromatic carbocycles. The Bertz CT molecular complexity index is 197. The highest BCUT2D eigenvalue weighted by Crippen LogP contribution is 2.13. The summed E-state index contributed by atoms with van der Waals surface area (Å²) in [5, 5.41) is 0. The van der Waals surface area contributed by atoms with Crippen LogP contribution in [0.15, 0.2) is 0 Å². The highest BCUT2D eigenvalue weighted by Gasteiger charge is 2.25. The van der Waals surface area contributed by atoms with E-state index in [0.717, 1.165) is 19.4 Å². The number of ether oxygens (including phenoxy) is 1. The number of rotatable bonds is 3. The number of piperidine rings is 1. The molecule has 0 radical (unpaired) electrons. The van der Waals surface area contributed by atoms with Gasteiger partial charge in [-0.3, -0.25) is 4.79 Å². The van der Waals surface area contributed by atoms with Gasteiger partial charge < -0.3 is 15.4 Å². The summed E-state index contributed by atoms with van der Waals surface area (Å²) in [4.78, 5) is 13.6. The molecule has 14 heavy (non-hydrogen) atoms. The molecule has 2 atom stereocenters. The van der Waals surface area contributed by atoms with E-state index >= 15 is 0 Å². The average Bonchev–Trinajstić information content (AvgIpc) is 2.27. The molecule has 2 unspecified atom stereocenters. The Morgan fingerprint density at radius 2 is 2.43 bits per heavy atom. The molecule has 1 rings (SSSR count). The van der Waals surface area contributed by atoms with E-state index in [1.54, 1.807) is 7.11 Å². The van der Waals surface area contributed by atoms with E-state index in [-0.39, 0.29) is 18.1 Å². The van der Waals surface area contributed by atoms with Crippen LogP contribution in [0.5, 0.6) is 0 Å². The van der Waals surface area contributed by atoms with Crippen LogP contribution in [-0.2, 0) is 9.53 Å². The number of nitrogens with two attached hydrogens (primary N) is 1. The second-order valence-corrected chi connectivity index (χ2v) is 3.80. The van der Waals surface area contributed by atoms with Gasteiger partial charge in [-0.05, 0) is 19.3 Å². The SMILES string of the molecule is CCC(N)C(=O)N1CCCC(OC)C1. The summed E-state index contributed by atoms with van der Waals surface area (Å²) >= 11 is 0. The first-order valence-corrected chi connectivity index (χ1v) is 5.26. The Hall–Kier alpha value is -0.610. The fourth-order valence-electron chi connectivity index (χ4n) is 1.74. The minimum absolute atomic E-state index is 0.0641. The minimum Gasteiger partial charge on any atom is -0.380 e. The molecule has 0 saturated carbocycles. The number of likely N-dealkylation sites (tertiary alicyclic amines) is 1. The smallest absolute Gasteiger partial charge is 0.239 e. The topological polar surface area (TPSA) is 55.6 Å². The predicted molar refractivity (Wildman–Crippen MR) is 54.9 cm³/mol. The minimum atomic E-state index is -0.342. The quantitative estimate of drug-likeness (QED) is 0.715. The van der Waals surface area contributed by atoms with Gasteiger partial charge in [0.15, 0.2) is 0 Å². The normalized spacial score (nSPS) is 24.8. The van der Waals surface area contributed by atoms with Crippen molar-refractivity contribution in [1.29, 1.82) is 0 Å². The Balaban J connectivity index is 2.47. The number of amides is 1. The van der Waals surface area contributed by atoms with Crippen molar-refractivity contribution in [3.05, 3.63) is 0 Å². The van der Waals surface area contributed by atoms with Gasteiger partial charge in [0.1, 0.15) is 0 Å². The van der Waals surface area contributed by atoms with Crippen molar-refractivity contribution in [3.63, 3.8) is 0 Å². The summed E-state index contributed by atoms with van der Waals surface area (Å²) in [6.07, 6.45) is 2.95. The highest BCUT2D eigenvalue weighted by molar-refractivity contribution is 5.81. The van der Waals surface area contributed by atoms with Crippen LogP contribution in [0.2, 0.25) is 0 Å². The van der Waals surface area contributed by atoms with Gasteiger partial charge in [-0.2, -0.15) is 0 Å². The van der Waals surface area contributed by atoms with Crippen LogP contribution in [0.1, 0.15) is 26.2 Å². The van der Waals surface area contributed by atoms with Crippen LogP contribution >= 0.6 is 0 Å². The molecule has 82 valence electrons. The molecule has 0 bridgehead atoms. The van der Waals surface area contributed by atoms with Gasteiger partial charge in [0.25, 0.3) is 0 Å². The van der Waals surface area contributed by atoms with Crippen LogP contribution in [0.4, 0.5) is 0 Å². The third-order valence-corrected chi connectivity index (χ3v) is 2.78. The average molecular weight is 200 g/mol. The molecule has 1 saturated heterocycles. The van der Waals surface area contributed by atoms with Gasteiger partial charge >= 0.3 is 0 Å². The number of methoxy groups -OCH3 is 1. The van der Waals surface area contributed by atoms with Crippen molar-refractivity contribution in [2.45, 2.75) is 38.3 Å². The molecule has 1 amide bonds. The molecular weight excluding hydrogens is 180 g/mol. The third kappa shape index (κ3) is 2.69. The number of hydrogen-bond donors (Lipinski definition) is 1. The molecule has 1 heterocycles. The van der Waals surface area contributed by atoms with E-state index in [0.29, 0.717) is 13.0 Å². The highest BCUT2D eigenvalue weighted by atomic mass is 16.5. The summed E-state index contributed by atoms with van der Waals surface area (Å²) < 4.78 is 5.25. The van der Waals surface area contributed by atoms with E-state index in [4.69, 9.17) is 10.5 Å². The molecular formula is C10H20N2O2. The van der Waals surface area contributed by atoms with E-state index < -0.39 is 0 Å². The van der Waals surface area contributed by atoms with E-state index in [2.05, 4.69) is 0 Å².